The first-order valence-corrected chi connectivity index (χ1v) is 12.2. The van der Waals surface area contributed by atoms with Gasteiger partial charge in [0.2, 0.25) is 0 Å². The normalized spacial score (nSPS) is 17.9. The summed E-state index contributed by atoms with van der Waals surface area (Å²) in [6.45, 7) is 7.08. The van der Waals surface area contributed by atoms with Crippen LogP contribution in [0.1, 0.15) is 41.5 Å². The smallest absolute Gasteiger partial charge is 0.414 e. The summed E-state index contributed by atoms with van der Waals surface area (Å²) in [6, 6.07) is 14.8. The zero-order valence-corrected chi connectivity index (χ0v) is 21.2. The Hall–Kier alpha value is -4.08. The number of amides is 3. The summed E-state index contributed by atoms with van der Waals surface area (Å²) in [5.41, 5.74) is 0.855. The van der Waals surface area contributed by atoms with Crippen LogP contribution in [0.4, 0.5) is 15.3 Å². The maximum Gasteiger partial charge on any atom is 0.414 e. The van der Waals surface area contributed by atoms with E-state index < -0.39 is 23.7 Å². The monoisotopic (exact) mass is 509 g/mol. The molecule has 2 saturated heterocycles. The lowest BCUT2D eigenvalue weighted by Gasteiger charge is -2.35. The quantitative estimate of drug-likeness (QED) is 0.448. The molecule has 2 aliphatic heterocycles. The first-order valence-electron chi connectivity index (χ1n) is 12.2. The van der Waals surface area contributed by atoms with Gasteiger partial charge in [0.05, 0.1) is 5.56 Å². The average molecular weight is 510 g/mol. The van der Waals surface area contributed by atoms with Gasteiger partial charge in [-0.15, -0.1) is 0 Å². The van der Waals surface area contributed by atoms with E-state index in [1.165, 1.54) is 4.90 Å². The number of hydrogen-bond donors (Lipinski definition) is 0. The molecule has 0 radical (unpaired) electrons. The molecule has 0 saturated carbocycles. The molecular formula is C27H31N3O7. The van der Waals surface area contributed by atoms with Crippen LogP contribution in [-0.2, 0) is 14.2 Å². The first kappa shape index (κ1) is 26.0. The van der Waals surface area contributed by atoms with Gasteiger partial charge in [-0.25, -0.2) is 14.4 Å². The van der Waals surface area contributed by atoms with Gasteiger partial charge in [-0.2, -0.15) is 0 Å². The highest BCUT2D eigenvalue weighted by Gasteiger charge is 2.35. The summed E-state index contributed by atoms with van der Waals surface area (Å²) in [6.07, 6.45) is -0.927. The highest BCUT2D eigenvalue weighted by atomic mass is 16.6. The number of piperazine rings is 1. The molecule has 0 N–H and O–H groups in total. The second-order valence-corrected chi connectivity index (χ2v) is 9.87. The average Bonchev–Trinajstić information content (AvgIpc) is 3.26. The van der Waals surface area contributed by atoms with Crippen LogP contribution in [0.5, 0.6) is 0 Å². The Morgan fingerprint density at radius 3 is 2.14 bits per heavy atom. The number of nitrogens with zero attached hydrogens (tertiary/aromatic N) is 3. The number of carbonyl (C=O) groups is 4. The molecule has 1 unspecified atom stereocenters. The Kier molecular flexibility index (Phi) is 7.66. The Morgan fingerprint density at radius 2 is 1.51 bits per heavy atom. The lowest BCUT2D eigenvalue weighted by molar-refractivity contribution is 0.0140. The molecule has 0 aromatic heterocycles. The van der Waals surface area contributed by atoms with Crippen LogP contribution in [0, 0.1) is 0 Å². The lowest BCUT2D eigenvalue weighted by Crippen LogP contribution is -2.51. The molecule has 0 spiro atoms. The fraction of sp³-hybridized carbons (Fsp3) is 0.407. The molecule has 2 heterocycles. The molecule has 2 fully saturated rings. The van der Waals surface area contributed by atoms with Gasteiger partial charge in [-0.1, -0.05) is 18.2 Å². The van der Waals surface area contributed by atoms with E-state index in [2.05, 4.69) is 0 Å². The van der Waals surface area contributed by atoms with Gasteiger partial charge in [0.15, 0.2) is 0 Å². The van der Waals surface area contributed by atoms with Crippen LogP contribution >= 0.6 is 0 Å². The number of benzene rings is 2. The van der Waals surface area contributed by atoms with E-state index in [-0.39, 0.29) is 25.2 Å². The van der Waals surface area contributed by atoms with Crippen LogP contribution in [0.15, 0.2) is 54.6 Å². The first-order chi connectivity index (χ1) is 17.6. The van der Waals surface area contributed by atoms with Crippen molar-refractivity contribution in [2.45, 2.75) is 32.4 Å². The highest BCUT2D eigenvalue weighted by molar-refractivity contribution is 5.96. The molecule has 10 nitrogen and oxygen atoms in total. The van der Waals surface area contributed by atoms with Gasteiger partial charge in [-0.05, 0) is 57.2 Å². The van der Waals surface area contributed by atoms with Crippen LogP contribution in [0.2, 0.25) is 0 Å². The number of ether oxygens (including phenoxy) is 3. The van der Waals surface area contributed by atoms with Gasteiger partial charge < -0.3 is 24.0 Å². The van der Waals surface area contributed by atoms with E-state index in [9.17, 15) is 19.2 Å². The third-order valence-corrected chi connectivity index (χ3v) is 5.99. The molecule has 196 valence electrons. The zero-order chi connectivity index (χ0) is 26.6. The van der Waals surface area contributed by atoms with Crippen LogP contribution in [0.25, 0.3) is 0 Å². The van der Waals surface area contributed by atoms with Gasteiger partial charge in [-0.3, -0.25) is 9.69 Å². The maximum atomic E-state index is 13.0. The second kappa shape index (κ2) is 10.9. The van der Waals surface area contributed by atoms with Gasteiger partial charge >= 0.3 is 18.2 Å². The van der Waals surface area contributed by atoms with Crippen LogP contribution < -0.4 is 4.90 Å². The molecule has 0 bridgehead atoms. The molecule has 0 aliphatic carbocycles. The molecule has 10 heteroatoms. The highest BCUT2D eigenvalue weighted by Crippen LogP contribution is 2.25. The number of anilines is 1. The van der Waals surface area contributed by atoms with E-state index in [1.54, 1.807) is 64.4 Å². The molecule has 37 heavy (non-hydrogen) atoms. The SMILES string of the molecule is CC(C)(C)OC(=O)N1CCN(C(=O)c2ccc(N3C(=O)OCC3COC(=O)c3ccccc3)cc2)CC1. The molecular weight excluding hydrogens is 478 g/mol. The van der Waals surface area contributed by atoms with Crippen LogP contribution in [0.3, 0.4) is 0 Å². The number of rotatable bonds is 5. The third kappa shape index (κ3) is 6.38. The number of cyclic esters (lactones) is 1. The van der Waals surface area contributed by atoms with E-state index in [0.29, 0.717) is 43.0 Å². The summed E-state index contributed by atoms with van der Waals surface area (Å²) in [4.78, 5) is 54.6. The Labute approximate surface area is 215 Å². The van der Waals surface area contributed by atoms with E-state index in [4.69, 9.17) is 14.2 Å². The fourth-order valence-corrected chi connectivity index (χ4v) is 4.09. The van der Waals surface area contributed by atoms with E-state index >= 15 is 0 Å². The molecule has 2 aliphatic rings. The number of esters is 1. The van der Waals surface area contributed by atoms with Crippen molar-refractivity contribution in [3.05, 3.63) is 65.7 Å². The molecule has 2 aromatic carbocycles. The number of hydrogen-bond acceptors (Lipinski definition) is 7. The van der Waals surface area contributed by atoms with Crippen molar-refractivity contribution in [2.24, 2.45) is 0 Å². The Bertz CT molecular complexity index is 1140. The van der Waals surface area contributed by atoms with Gasteiger partial charge in [0.25, 0.3) is 5.91 Å². The van der Waals surface area contributed by atoms with Gasteiger partial charge in [0, 0.05) is 37.4 Å². The van der Waals surface area contributed by atoms with Crippen molar-refractivity contribution in [2.75, 3.05) is 44.3 Å². The molecule has 1 atom stereocenters. The van der Waals surface area contributed by atoms with Crippen molar-refractivity contribution in [3.8, 4) is 0 Å². The Balaban J connectivity index is 1.34. The predicted molar refractivity (Wildman–Crippen MR) is 134 cm³/mol. The summed E-state index contributed by atoms with van der Waals surface area (Å²) >= 11 is 0. The van der Waals surface area contributed by atoms with Gasteiger partial charge in [0.1, 0.15) is 24.9 Å². The summed E-state index contributed by atoms with van der Waals surface area (Å²) in [5, 5.41) is 0. The topological polar surface area (TPSA) is 106 Å². The molecule has 4 rings (SSSR count). The van der Waals surface area contributed by atoms with E-state index in [0.717, 1.165) is 0 Å². The zero-order valence-electron chi connectivity index (χ0n) is 21.2. The minimum absolute atomic E-state index is 0.0257. The fourth-order valence-electron chi connectivity index (χ4n) is 4.09. The summed E-state index contributed by atoms with van der Waals surface area (Å²) < 4.78 is 16.0. The van der Waals surface area contributed by atoms with Crippen molar-refractivity contribution >= 4 is 29.8 Å². The van der Waals surface area contributed by atoms with Crippen molar-refractivity contribution in [1.29, 1.82) is 0 Å². The standard InChI is InChI=1S/C27H31N3O7/c1-27(2,3)37-25(33)29-15-13-28(14-16-29)23(31)19-9-11-21(12-10-19)30-22(18-36-26(30)34)17-35-24(32)20-7-5-4-6-8-20/h4-12,22H,13-18H2,1-3H3. The molecule has 3 amide bonds. The lowest BCUT2D eigenvalue weighted by atomic mass is 10.1. The second-order valence-electron chi connectivity index (χ2n) is 9.87. The minimum Gasteiger partial charge on any atom is -0.460 e. The van der Waals surface area contributed by atoms with Crippen LogP contribution in [-0.4, -0.2) is 84.9 Å². The Morgan fingerprint density at radius 1 is 0.892 bits per heavy atom. The summed E-state index contributed by atoms with van der Waals surface area (Å²) in [5.74, 6) is -0.639. The largest absolute Gasteiger partial charge is 0.460 e. The van der Waals surface area contributed by atoms with Crippen molar-refractivity contribution in [3.63, 3.8) is 0 Å². The third-order valence-electron chi connectivity index (χ3n) is 5.99. The summed E-state index contributed by atoms with van der Waals surface area (Å²) in [7, 11) is 0. The van der Waals surface area contributed by atoms with Crippen molar-refractivity contribution in [1.82, 2.24) is 9.80 Å². The van der Waals surface area contributed by atoms with Crippen molar-refractivity contribution < 1.29 is 33.4 Å². The molecule has 2 aromatic rings. The maximum absolute atomic E-state index is 13.0. The number of carbonyl (C=O) groups excluding carboxylic acids is 4. The minimum atomic E-state index is -0.573. The van der Waals surface area contributed by atoms with E-state index in [1.807, 2.05) is 20.8 Å². The predicted octanol–water partition coefficient (Wildman–Crippen LogP) is 3.56.